The Morgan fingerprint density at radius 2 is 1.29 bits per heavy atom. The standard InChI is InChI=1S/C30H42F4O/c1-2-35-27-19-18-26(29(33)30(27)34)25-16-14-24(15-17-25)23-12-10-22(11-13-23)21-8-6-20(7-9-21)4-3-5-28(31)32/h5,18-25H,2-4,6-17H2,1H3. The van der Waals surface area contributed by atoms with Gasteiger partial charge in [-0.25, -0.2) is 4.39 Å². The van der Waals surface area contributed by atoms with Crippen molar-refractivity contribution in [2.45, 2.75) is 103 Å². The molecule has 3 aliphatic rings. The summed E-state index contributed by atoms with van der Waals surface area (Å²) in [6.45, 7) is 2.09. The molecule has 1 aromatic rings. The number of ether oxygens (including phenoxy) is 1. The van der Waals surface area contributed by atoms with Crippen molar-refractivity contribution in [3.05, 3.63) is 41.5 Å². The minimum absolute atomic E-state index is 0.0111. The summed E-state index contributed by atoms with van der Waals surface area (Å²) < 4.78 is 58.7. The van der Waals surface area contributed by atoms with Crippen LogP contribution in [0, 0.1) is 41.2 Å². The van der Waals surface area contributed by atoms with Crippen molar-refractivity contribution >= 4 is 0 Å². The van der Waals surface area contributed by atoms with Gasteiger partial charge in [-0.05, 0) is 137 Å². The van der Waals surface area contributed by atoms with Crippen molar-refractivity contribution in [3.63, 3.8) is 0 Å². The Hall–Kier alpha value is -1.52. The SMILES string of the molecule is CCOc1ccc(C2CCC(C3CCC(C4CCC(CCC=C(F)F)CC4)CC3)CC2)c(F)c1F. The number of hydrogen-bond donors (Lipinski definition) is 0. The molecule has 0 spiro atoms. The third-order valence-corrected chi connectivity index (χ3v) is 9.50. The van der Waals surface area contributed by atoms with Crippen molar-refractivity contribution in [2.75, 3.05) is 6.61 Å². The summed E-state index contributed by atoms with van der Waals surface area (Å²) in [5, 5.41) is 0. The topological polar surface area (TPSA) is 9.23 Å². The first-order chi connectivity index (χ1) is 17.0. The minimum atomic E-state index is -1.54. The first-order valence-electron chi connectivity index (χ1n) is 14.1. The molecule has 0 amide bonds. The van der Waals surface area contributed by atoms with E-state index in [4.69, 9.17) is 4.74 Å². The Labute approximate surface area is 208 Å². The average molecular weight is 495 g/mol. The van der Waals surface area contributed by atoms with E-state index < -0.39 is 17.7 Å². The van der Waals surface area contributed by atoms with E-state index in [0.717, 1.165) is 61.9 Å². The molecular weight excluding hydrogens is 452 g/mol. The van der Waals surface area contributed by atoms with Crippen LogP contribution in [0.25, 0.3) is 0 Å². The molecule has 0 bridgehead atoms. The average Bonchev–Trinajstić information content (AvgIpc) is 2.88. The van der Waals surface area contributed by atoms with E-state index in [-0.39, 0.29) is 11.7 Å². The molecule has 1 nitrogen and oxygen atoms in total. The van der Waals surface area contributed by atoms with Gasteiger partial charge in [-0.2, -0.15) is 13.2 Å². The van der Waals surface area contributed by atoms with Crippen LogP contribution in [-0.2, 0) is 0 Å². The van der Waals surface area contributed by atoms with Crippen LogP contribution in [0.1, 0.15) is 108 Å². The van der Waals surface area contributed by atoms with Crippen molar-refractivity contribution < 1.29 is 22.3 Å². The molecule has 0 atom stereocenters. The lowest BCUT2D eigenvalue weighted by Crippen LogP contribution is -2.29. The second kappa shape index (κ2) is 12.6. The van der Waals surface area contributed by atoms with Crippen LogP contribution in [-0.4, -0.2) is 6.61 Å². The molecule has 3 saturated carbocycles. The van der Waals surface area contributed by atoms with Gasteiger partial charge < -0.3 is 4.74 Å². The molecule has 35 heavy (non-hydrogen) atoms. The number of allylic oxidation sites excluding steroid dienone is 1. The molecule has 0 radical (unpaired) electrons. The van der Waals surface area contributed by atoms with E-state index in [0.29, 0.717) is 24.5 Å². The van der Waals surface area contributed by atoms with Gasteiger partial charge in [0.1, 0.15) is 0 Å². The summed E-state index contributed by atoms with van der Waals surface area (Å²) in [6.07, 6.45) is 15.3. The number of halogens is 4. The maximum absolute atomic E-state index is 14.7. The summed E-state index contributed by atoms with van der Waals surface area (Å²) in [4.78, 5) is 0. The second-order valence-corrected chi connectivity index (χ2v) is 11.4. The highest BCUT2D eigenvalue weighted by molar-refractivity contribution is 5.33. The third kappa shape index (κ3) is 6.83. The Balaban J connectivity index is 1.19. The zero-order valence-corrected chi connectivity index (χ0v) is 21.2. The summed E-state index contributed by atoms with van der Waals surface area (Å²) in [7, 11) is 0. The summed E-state index contributed by atoms with van der Waals surface area (Å²) in [5.74, 6) is 2.36. The molecule has 3 aliphatic carbocycles. The molecule has 0 saturated heterocycles. The number of hydrogen-bond acceptors (Lipinski definition) is 1. The maximum atomic E-state index is 14.7. The van der Waals surface area contributed by atoms with E-state index in [9.17, 15) is 17.6 Å². The Morgan fingerprint density at radius 1 is 0.771 bits per heavy atom. The number of rotatable bonds is 8. The molecule has 196 valence electrons. The highest BCUT2D eigenvalue weighted by Gasteiger charge is 2.35. The van der Waals surface area contributed by atoms with Crippen LogP contribution < -0.4 is 4.74 Å². The normalized spacial score (nSPS) is 31.7. The Kier molecular flexibility index (Phi) is 9.58. The van der Waals surface area contributed by atoms with E-state index in [1.54, 1.807) is 19.1 Å². The first-order valence-corrected chi connectivity index (χ1v) is 14.1. The van der Waals surface area contributed by atoms with Crippen molar-refractivity contribution in [1.29, 1.82) is 0 Å². The summed E-state index contributed by atoms with van der Waals surface area (Å²) in [5.41, 5.74) is 0.523. The molecule has 0 N–H and O–H groups in total. The smallest absolute Gasteiger partial charge is 0.266 e. The van der Waals surface area contributed by atoms with E-state index >= 15 is 0 Å². The minimum Gasteiger partial charge on any atom is -0.491 e. The van der Waals surface area contributed by atoms with Gasteiger partial charge in [-0.15, -0.1) is 0 Å². The van der Waals surface area contributed by atoms with Gasteiger partial charge in [-0.1, -0.05) is 18.9 Å². The van der Waals surface area contributed by atoms with Gasteiger partial charge in [-0.3, -0.25) is 0 Å². The van der Waals surface area contributed by atoms with Crippen molar-refractivity contribution in [3.8, 4) is 5.75 Å². The van der Waals surface area contributed by atoms with Crippen LogP contribution in [0.4, 0.5) is 17.6 Å². The highest BCUT2D eigenvalue weighted by atomic mass is 19.3. The predicted molar refractivity (Wildman–Crippen MR) is 133 cm³/mol. The van der Waals surface area contributed by atoms with Gasteiger partial charge in [0.2, 0.25) is 5.82 Å². The van der Waals surface area contributed by atoms with Gasteiger partial charge in [0.25, 0.3) is 6.08 Å². The highest BCUT2D eigenvalue weighted by Crippen LogP contribution is 2.48. The quantitative estimate of drug-likeness (QED) is 0.327. The van der Waals surface area contributed by atoms with Crippen LogP contribution in [0.5, 0.6) is 5.75 Å². The van der Waals surface area contributed by atoms with Crippen LogP contribution in [0.3, 0.4) is 0 Å². The monoisotopic (exact) mass is 494 g/mol. The molecular formula is C30H42F4O. The van der Waals surface area contributed by atoms with E-state index in [1.807, 2.05) is 0 Å². The fourth-order valence-corrected chi connectivity index (χ4v) is 7.49. The lowest BCUT2D eigenvalue weighted by molar-refractivity contribution is 0.109. The zero-order chi connectivity index (χ0) is 24.8. The van der Waals surface area contributed by atoms with E-state index in [1.165, 1.54) is 51.4 Å². The van der Waals surface area contributed by atoms with Gasteiger partial charge in [0.05, 0.1) is 6.61 Å². The molecule has 0 aliphatic heterocycles. The summed E-state index contributed by atoms with van der Waals surface area (Å²) >= 11 is 0. The first kappa shape index (κ1) is 26.5. The third-order valence-electron chi connectivity index (χ3n) is 9.50. The van der Waals surface area contributed by atoms with Gasteiger partial charge >= 0.3 is 0 Å². The van der Waals surface area contributed by atoms with Crippen LogP contribution in [0.15, 0.2) is 24.3 Å². The van der Waals surface area contributed by atoms with Crippen LogP contribution in [0.2, 0.25) is 0 Å². The van der Waals surface area contributed by atoms with Gasteiger partial charge in [0, 0.05) is 0 Å². The molecule has 0 heterocycles. The molecule has 5 heteroatoms. The van der Waals surface area contributed by atoms with Gasteiger partial charge in [0.15, 0.2) is 11.6 Å². The second-order valence-electron chi connectivity index (χ2n) is 11.4. The summed E-state index contributed by atoms with van der Waals surface area (Å²) in [6, 6.07) is 3.31. The fourth-order valence-electron chi connectivity index (χ4n) is 7.49. The van der Waals surface area contributed by atoms with Crippen molar-refractivity contribution in [1.82, 2.24) is 0 Å². The zero-order valence-electron chi connectivity index (χ0n) is 21.2. The lowest BCUT2D eigenvalue weighted by Gasteiger charge is -2.41. The Bertz CT molecular complexity index is 825. The molecule has 3 fully saturated rings. The maximum Gasteiger partial charge on any atom is 0.266 e. The molecule has 0 aromatic heterocycles. The Morgan fingerprint density at radius 3 is 1.80 bits per heavy atom. The van der Waals surface area contributed by atoms with Crippen LogP contribution >= 0.6 is 0 Å². The van der Waals surface area contributed by atoms with E-state index in [2.05, 4.69) is 0 Å². The molecule has 0 unspecified atom stereocenters. The fraction of sp³-hybridized carbons (Fsp3) is 0.733. The molecule has 4 rings (SSSR count). The predicted octanol–water partition coefficient (Wildman–Crippen LogP) is 9.81. The molecule has 1 aromatic carbocycles. The number of benzene rings is 1. The van der Waals surface area contributed by atoms with Crippen molar-refractivity contribution in [2.24, 2.45) is 29.6 Å². The lowest BCUT2D eigenvalue weighted by atomic mass is 9.64. The largest absolute Gasteiger partial charge is 0.491 e.